The highest BCUT2D eigenvalue weighted by molar-refractivity contribution is 4.80. The number of rotatable bonds is 6. The van der Waals surface area contributed by atoms with Crippen molar-refractivity contribution in [3.63, 3.8) is 0 Å². The van der Waals surface area contributed by atoms with Gasteiger partial charge < -0.3 is 5.32 Å². The van der Waals surface area contributed by atoms with Crippen molar-refractivity contribution in [2.45, 2.75) is 45.6 Å². The lowest BCUT2D eigenvalue weighted by Gasteiger charge is -2.13. The summed E-state index contributed by atoms with van der Waals surface area (Å²) in [6, 6.07) is 0.643. The van der Waals surface area contributed by atoms with Crippen LogP contribution in [0.3, 0.4) is 0 Å². The maximum absolute atomic E-state index is 3.28. The van der Waals surface area contributed by atoms with E-state index in [1.54, 1.807) is 0 Å². The molecule has 1 atom stereocenters. The Balaban J connectivity index is 3.21. The highest BCUT2D eigenvalue weighted by Gasteiger charge is 2.02. The fraction of sp³-hybridized carbons (Fsp3) is 0.889. The zero-order valence-electron chi connectivity index (χ0n) is 7.48. The van der Waals surface area contributed by atoms with Gasteiger partial charge in [0.25, 0.3) is 0 Å². The van der Waals surface area contributed by atoms with Crippen LogP contribution in [0, 0.1) is 6.42 Å². The van der Waals surface area contributed by atoms with Crippen molar-refractivity contribution in [2.75, 3.05) is 7.05 Å². The van der Waals surface area contributed by atoms with Crippen LogP contribution in [0.1, 0.15) is 39.5 Å². The first-order valence-corrected chi connectivity index (χ1v) is 4.35. The third-order valence-electron chi connectivity index (χ3n) is 1.71. The van der Waals surface area contributed by atoms with Crippen LogP contribution in [0.5, 0.6) is 0 Å². The van der Waals surface area contributed by atoms with Crippen LogP contribution in [-0.4, -0.2) is 13.1 Å². The van der Waals surface area contributed by atoms with E-state index in [1.807, 2.05) is 7.05 Å². The molecule has 0 aliphatic rings. The minimum atomic E-state index is 0.643. The highest BCUT2D eigenvalue weighted by atomic mass is 14.9. The Kier molecular flexibility index (Phi) is 7.04. The van der Waals surface area contributed by atoms with Gasteiger partial charge in [-0.15, -0.1) is 0 Å². The third kappa shape index (κ3) is 4.80. The minimum Gasteiger partial charge on any atom is -0.317 e. The lowest BCUT2D eigenvalue weighted by molar-refractivity contribution is 0.552. The summed E-state index contributed by atoms with van der Waals surface area (Å²) < 4.78 is 0. The molecule has 0 rings (SSSR count). The zero-order valence-corrected chi connectivity index (χ0v) is 7.48. The molecule has 1 heteroatoms. The molecule has 0 amide bonds. The van der Waals surface area contributed by atoms with E-state index in [-0.39, 0.29) is 0 Å². The van der Waals surface area contributed by atoms with E-state index < -0.39 is 0 Å². The molecule has 10 heavy (non-hydrogen) atoms. The fourth-order valence-electron chi connectivity index (χ4n) is 1.06. The molecule has 0 aromatic rings. The van der Waals surface area contributed by atoms with Gasteiger partial charge in [0.15, 0.2) is 0 Å². The van der Waals surface area contributed by atoms with Gasteiger partial charge in [-0.25, -0.2) is 0 Å². The summed E-state index contributed by atoms with van der Waals surface area (Å²) in [6.45, 7) is 4.44. The Morgan fingerprint density at radius 2 is 2.00 bits per heavy atom. The van der Waals surface area contributed by atoms with Gasteiger partial charge >= 0.3 is 0 Å². The molecule has 0 aromatic carbocycles. The maximum Gasteiger partial charge on any atom is 0.00954 e. The van der Waals surface area contributed by atoms with Crippen molar-refractivity contribution in [1.82, 2.24) is 5.32 Å². The van der Waals surface area contributed by atoms with Crippen LogP contribution in [0.25, 0.3) is 0 Å². The molecule has 1 nitrogen and oxygen atoms in total. The zero-order chi connectivity index (χ0) is 7.82. The Hall–Kier alpha value is -0.0400. The largest absolute Gasteiger partial charge is 0.317 e. The van der Waals surface area contributed by atoms with E-state index in [4.69, 9.17) is 0 Å². The maximum atomic E-state index is 3.28. The summed E-state index contributed by atoms with van der Waals surface area (Å²) in [7, 11) is 2.03. The molecule has 0 saturated carbocycles. The summed E-state index contributed by atoms with van der Waals surface area (Å²) in [5, 5.41) is 3.28. The van der Waals surface area contributed by atoms with Crippen molar-refractivity contribution >= 4 is 0 Å². The smallest absolute Gasteiger partial charge is 0.00954 e. The monoisotopic (exact) mass is 142 g/mol. The van der Waals surface area contributed by atoms with E-state index in [0.717, 1.165) is 0 Å². The number of nitrogens with one attached hydrogen (secondary N) is 1. The summed E-state index contributed by atoms with van der Waals surface area (Å²) >= 11 is 0. The van der Waals surface area contributed by atoms with Crippen molar-refractivity contribution in [3.8, 4) is 0 Å². The van der Waals surface area contributed by atoms with Crippen molar-refractivity contribution < 1.29 is 0 Å². The van der Waals surface area contributed by atoms with Gasteiger partial charge in [-0.2, -0.15) is 0 Å². The average molecular weight is 142 g/mol. The predicted molar refractivity (Wildman–Crippen MR) is 47.0 cm³/mol. The van der Waals surface area contributed by atoms with Gasteiger partial charge in [0, 0.05) is 6.04 Å². The molecule has 1 N–H and O–H groups in total. The standard InChI is InChI=1S/C9H20N/c1-4-6-8-9(10-3)7-5-2/h8-10H,4-7H2,1-3H3. The summed E-state index contributed by atoms with van der Waals surface area (Å²) in [5.41, 5.74) is 0. The molecular formula is C9H20N. The van der Waals surface area contributed by atoms with Gasteiger partial charge in [-0.3, -0.25) is 0 Å². The third-order valence-corrected chi connectivity index (χ3v) is 1.71. The normalized spacial score (nSPS) is 13.5. The molecule has 0 bridgehead atoms. The second-order valence-electron chi connectivity index (χ2n) is 2.71. The summed E-state index contributed by atoms with van der Waals surface area (Å²) in [6.07, 6.45) is 7.43. The summed E-state index contributed by atoms with van der Waals surface area (Å²) in [4.78, 5) is 0. The highest BCUT2D eigenvalue weighted by Crippen LogP contribution is 2.04. The second-order valence-corrected chi connectivity index (χ2v) is 2.71. The number of hydrogen-bond donors (Lipinski definition) is 1. The van der Waals surface area contributed by atoms with Crippen LogP contribution in [0.4, 0.5) is 0 Å². The van der Waals surface area contributed by atoms with Crippen molar-refractivity contribution in [3.05, 3.63) is 6.42 Å². The van der Waals surface area contributed by atoms with E-state index in [2.05, 4.69) is 25.6 Å². The lowest BCUT2D eigenvalue weighted by Crippen LogP contribution is -2.25. The van der Waals surface area contributed by atoms with Crippen LogP contribution in [-0.2, 0) is 0 Å². The molecule has 0 aliphatic heterocycles. The van der Waals surface area contributed by atoms with E-state index in [9.17, 15) is 0 Å². The van der Waals surface area contributed by atoms with Gasteiger partial charge in [0.05, 0.1) is 0 Å². The van der Waals surface area contributed by atoms with Crippen LogP contribution in [0.15, 0.2) is 0 Å². The number of hydrogen-bond acceptors (Lipinski definition) is 1. The first-order chi connectivity index (χ1) is 4.85. The molecule has 61 valence electrons. The summed E-state index contributed by atoms with van der Waals surface area (Å²) in [5.74, 6) is 0. The number of unbranched alkanes of at least 4 members (excludes halogenated alkanes) is 1. The first kappa shape index (κ1) is 9.96. The van der Waals surface area contributed by atoms with E-state index in [0.29, 0.717) is 6.04 Å². The molecule has 0 spiro atoms. The van der Waals surface area contributed by atoms with Crippen LogP contribution >= 0.6 is 0 Å². The topological polar surface area (TPSA) is 12.0 Å². The van der Waals surface area contributed by atoms with Crippen molar-refractivity contribution in [1.29, 1.82) is 0 Å². The molecule has 0 aromatic heterocycles. The predicted octanol–water partition coefficient (Wildman–Crippen LogP) is 2.38. The Bertz CT molecular complexity index is 61.7. The fourth-order valence-corrected chi connectivity index (χ4v) is 1.06. The van der Waals surface area contributed by atoms with Gasteiger partial charge in [-0.05, 0) is 26.3 Å². The average Bonchev–Trinajstić information content (AvgIpc) is 1.98. The van der Waals surface area contributed by atoms with Gasteiger partial charge in [-0.1, -0.05) is 26.7 Å². The Morgan fingerprint density at radius 3 is 2.40 bits per heavy atom. The molecule has 1 radical (unpaired) electrons. The molecule has 0 fully saturated rings. The van der Waals surface area contributed by atoms with Gasteiger partial charge in [0.1, 0.15) is 0 Å². The SMILES string of the molecule is CCC[CH]C(CCC)NC. The van der Waals surface area contributed by atoms with Crippen LogP contribution < -0.4 is 5.32 Å². The van der Waals surface area contributed by atoms with Crippen LogP contribution in [0.2, 0.25) is 0 Å². The van der Waals surface area contributed by atoms with Crippen molar-refractivity contribution in [2.24, 2.45) is 0 Å². The van der Waals surface area contributed by atoms with Gasteiger partial charge in [0.2, 0.25) is 0 Å². The Morgan fingerprint density at radius 1 is 1.30 bits per heavy atom. The van der Waals surface area contributed by atoms with E-state index in [1.165, 1.54) is 25.7 Å². The molecular weight excluding hydrogens is 122 g/mol. The Labute approximate surface area is 65.2 Å². The first-order valence-electron chi connectivity index (χ1n) is 4.35. The molecule has 0 saturated heterocycles. The molecule has 1 unspecified atom stereocenters. The lowest BCUT2D eigenvalue weighted by atomic mass is 10.1. The molecule has 0 aliphatic carbocycles. The quantitative estimate of drug-likeness (QED) is 0.600. The second kappa shape index (κ2) is 7.07. The molecule has 0 heterocycles. The van der Waals surface area contributed by atoms with E-state index >= 15 is 0 Å². The minimum absolute atomic E-state index is 0.643.